The molecule has 110 valence electrons. The van der Waals surface area contributed by atoms with Crippen LogP contribution in [-0.4, -0.2) is 47.0 Å². The lowest BCUT2D eigenvalue weighted by Gasteiger charge is -2.35. The number of amides is 1. The quantitative estimate of drug-likeness (QED) is 0.852. The predicted molar refractivity (Wildman–Crippen MR) is 83.9 cm³/mol. The zero-order chi connectivity index (χ0) is 14.8. The molecule has 0 N–H and O–H groups in total. The number of rotatable bonds is 2. The Hall–Kier alpha value is -1.95. The number of carbonyl (C=O) groups is 1. The molecule has 0 unspecified atom stereocenters. The Labute approximate surface area is 128 Å². The summed E-state index contributed by atoms with van der Waals surface area (Å²) in [5.74, 6) is 1.03. The van der Waals surface area contributed by atoms with E-state index in [4.69, 9.17) is 0 Å². The summed E-state index contributed by atoms with van der Waals surface area (Å²) in [6, 6.07) is 5.91. The Balaban J connectivity index is 1.66. The topological polar surface area (TPSA) is 49.3 Å². The Bertz CT molecular complexity index is 632. The highest BCUT2D eigenvalue weighted by atomic mass is 32.1. The second-order valence-electron chi connectivity index (χ2n) is 5.10. The minimum Gasteiger partial charge on any atom is -0.353 e. The predicted octanol–water partition coefficient (Wildman–Crippen LogP) is 2.12. The van der Waals surface area contributed by atoms with E-state index >= 15 is 0 Å². The molecule has 1 fully saturated rings. The van der Waals surface area contributed by atoms with Crippen molar-refractivity contribution in [2.24, 2.45) is 0 Å². The molecule has 5 nitrogen and oxygen atoms in total. The third kappa shape index (κ3) is 2.90. The lowest BCUT2D eigenvalue weighted by molar-refractivity contribution is 0.0740. The highest BCUT2D eigenvalue weighted by molar-refractivity contribution is 7.11. The number of nitrogens with zero attached hydrogens (tertiary/aromatic N) is 4. The smallest absolute Gasteiger partial charge is 0.273 e. The lowest BCUT2D eigenvalue weighted by atomic mass is 10.2. The molecule has 0 saturated carbocycles. The van der Waals surface area contributed by atoms with Gasteiger partial charge in [-0.25, -0.2) is 9.97 Å². The Kier molecular flexibility index (Phi) is 3.88. The van der Waals surface area contributed by atoms with Crippen LogP contribution in [0.1, 0.15) is 20.4 Å². The second kappa shape index (κ2) is 5.81. The summed E-state index contributed by atoms with van der Waals surface area (Å²) in [4.78, 5) is 26.3. The molecule has 2 aromatic rings. The Morgan fingerprint density at radius 3 is 2.52 bits per heavy atom. The number of pyridine rings is 1. The fourth-order valence-electron chi connectivity index (χ4n) is 2.56. The van der Waals surface area contributed by atoms with Crippen molar-refractivity contribution in [2.75, 3.05) is 31.1 Å². The summed E-state index contributed by atoms with van der Waals surface area (Å²) in [5, 5.41) is 0.947. The zero-order valence-electron chi connectivity index (χ0n) is 12.2. The average molecular weight is 302 g/mol. The molecular weight excluding hydrogens is 284 g/mol. The number of carbonyl (C=O) groups excluding carboxylic acids is 1. The molecule has 0 aromatic carbocycles. The first-order valence-electron chi connectivity index (χ1n) is 7.04. The van der Waals surface area contributed by atoms with Crippen molar-refractivity contribution in [3.63, 3.8) is 0 Å². The van der Waals surface area contributed by atoms with Gasteiger partial charge in [-0.05, 0) is 26.0 Å². The molecule has 1 amide bonds. The van der Waals surface area contributed by atoms with E-state index in [1.165, 1.54) is 0 Å². The summed E-state index contributed by atoms with van der Waals surface area (Å²) in [5.41, 5.74) is 0.615. The van der Waals surface area contributed by atoms with Crippen LogP contribution >= 0.6 is 11.3 Å². The fourth-order valence-corrected chi connectivity index (χ4v) is 3.37. The van der Waals surface area contributed by atoms with Crippen LogP contribution in [0.25, 0.3) is 0 Å². The van der Waals surface area contributed by atoms with Crippen LogP contribution in [0.4, 0.5) is 5.82 Å². The number of hydrogen-bond acceptors (Lipinski definition) is 5. The van der Waals surface area contributed by atoms with Gasteiger partial charge in [0, 0.05) is 37.3 Å². The summed E-state index contributed by atoms with van der Waals surface area (Å²) in [6.45, 7) is 6.95. The largest absolute Gasteiger partial charge is 0.353 e. The standard InChI is InChI=1S/C15H18N4OS/c1-11-14(17-12(2)21-11)15(20)19-9-7-18(8-10-19)13-5-3-4-6-16-13/h3-6H,7-10H2,1-2H3. The van der Waals surface area contributed by atoms with E-state index < -0.39 is 0 Å². The molecule has 6 heteroatoms. The zero-order valence-corrected chi connectivity index (χ0v) is 13.1. The van der Waals surface area contributed by atoms with Crippen molar-refractivity contribution < 1.29 is 4.79 Å². The molecule has 0 aliphatic carbocycles. The molecule has 0 atom stereocenters. The van der Waals surface area contributed by atoms with Crippen molar-refractivity contribution in [1.29, 1.82) is 0 Å². The third-order valence-corrected chi connectivity index (χ3v) is 4.53. The van der Waals surface area contributed by atoms with Gasteiger partial charge >= 0.3 is 0 Å². The van der Waals surface area contributed by atoms with Crippen molar-refractivity contribution in [1.82, 2.24) is 14.9 Å². The van der Waals surface area contributed by atoms with Gasteiger partial charge in [-0.15, -0.1) is 11.3 Å². The molecule has 1 saturated heterocycles. The van der Waals surface area contributed by atoms with Gasteiger partial charge in [0.1, 0.15) is 11.5 Å². The van der Waals surface area contributed by atoms with Gasteiger partial charge in [-0.3, -0.25) is 4.79 Å². The maximum Gasteiger partial charge on any atom is 0.273 e. The van der Waals surface area contributed by atoms with Crippen LogP contribution in [0.3, 0.4) is 0 Å². The Morgan fingerprint density at radius 1 is 1.19 bits per heavy atom. The summed E-state index contributed by atoms with van der Waals surface area (Å²) in [7, 11) is 0. The number of anilines is 1. The van der Waals surface area contributed by atoms with E-state index in [0.29, 0.717) is 18.8 Å². The number of hydrogen-bond donors (Lipinski definition) is 0. The summed E-state index contributed by atoms with van der Waals surface area (Å²) in [6.07, 6.45) is 1.80. The minimum atomic E-state index is 0.0533. The third-order valence-electron chi connectivity index (χ3n) is 3.65. The molecule has 0 spiro atoms. The number of aryl methyl sites for hydroxylation is 2. The van der Waals surface area contributed by atoms with Crippen LogP contribution in [0.2, 0.25) is 0 Å². The van der Waals surface area contributed by atoms with Gasteiger partial charge < -0.3 is 9.80 Å². The van der Waals surface area contributed by atoms with Crippen molar-refractivity contribution in [3.05, 3.63) is 40.0 Å². The SMILES string of the molecule is Cc1nc(C(=O)N2CCN(c3ccccn3)CC2)c(C)s1. The summed E-state index contributed by atoms with van der Waals surface area (Å²) < 4.78 is 0. The van der Waals surface area contributed by atoms with E-state index in [0.717, 1.165) is 28.8 Å². The van der Waals surface area contributed by atoms with Crippen molar-refractivity contribution >= 4 is 23.1 Å². The second-order valence-corrected chi connectivity index (χ2v) is 6.51. The van der Waals surface area contributed by atoms with E-state index in [2.05, 4.69) is 14.9 Å². The minimum absolute atomic E-state index is 0.0533. The molecule has 21 heavy (non-hydrogen) atoms. The first-order chi connectivity index (χ1) is 10.1. The van der Waals surface area contributed by atoms with E-state index in [-0.39, 0.29) is 5.91 Å². The van der Waals surface area contributed by atoms with Crippen LogP contribution in [0, 0.1) is 13.8 Å². The van der Waals surface area contributed by atoms with Crippen LogP contribution in [0.15, 0.2) is 24.4 Å². The van der Waals surface area contributed by atoms with Gasteiger partial charge in [0.25, 0.3) is 5.91 Å². The van der Waals surface area contributed by atoms with Crippen LogP contribution in [0.5, 0.6) is 0 Å². The Morgan fingerprint density at radius 2 is 1.95 bits per heavy atom. The maximum absolute atomic E-state index is 12.5. The van der Waals surface area contributed by atoms with Gasteiger partial charge in [0.05, 0.1) is 5.01 Å². The molecular formula is C15H18N4OS. The highest BCUT2D eigenvalue weighted by Gasteiger charge is 2.25. The maximum atomic E-state index is 12.5. The molecule has 0 bridgehead atoms. The first kappa shape index (κ1) is 14.0. The number of aromatic nitrogens is 2. The van der Waals surface area contributed by atoms with Crippen molar-refractivity contribution in [2.45, 2.75) is 13.8 Å². The monoisotopic (exact) mass is 302 g/mol. The van der Waals surface area contributed by atoms with Crippen LogP contribution in [-0.2, 0) is 0 Å². The van der Waals surface area contributed by atoms with Gasteiger partial charge in [-0.1, -0.05) is 6.07 Å². The van der Waals surface area contributed by atoms with Crippen LogP contribution < -0.4 is 4.90 Å². The normalized spacial score (nSPS) is 15.3. The molecule has 3 heterocycles. The number of piperazine rings is 1. The van der Waals surface area contributed by atoms with E-state index in [9.17, 15) is 4.79 Å². The highest BCUT2D eigenvalue weighted by Crippen LogP contribution is 2.19. The van der Waals surface area contributed by atoms with Gasteiger partial charge in [-0.2, -0.15) is 0 Å². The fraction of sp³-hybridized carbons (Fsp3) is 0.400. The molecule has 1 aliphatic rings. The molecule has 0 radical (unpaired) electrons. The van der Waals surface area contributed by atoms with E-state index in [1.54, 1.807) is 17.5 Å². The summed E-state index contributed by atoms with van der Waals surface area (Å²) >= 11 is 1.58. The van der Waals surface area contributed by atoms with E-state index in [1.807, 2.05) is 36.9 Å². The first-order valence-corrected chi connectivity index (χ1v) is 7.86. The molecule has 2 aromatic heterocycles. The molecule has 1 aliphatic heterocycles. The van der Waals surface area contributed by atoms with Gasteiger partial charge in [0.15, 0.2) is 0 Å². The average Bonchev–Trinajstić information content (AvgIpc) is 2.86. The van der Waals surface area contributed by atoms with Gasteiger partial charge in [0.2, 0.25) is 0 Å². The lowest BCUT2D eigenvalue weighted by Crippen LogP contribution is -2.49. The molecule has 3 rings (SSSR count). The number of thiazole rings is 1. The van der Waals surface area contributed by atoms with Crippen molar-refractivity contribution in [3.8, 4) is 0 Å².